The second-order valence-electron chi connectivity index (χ2n) is 10.5. The Balaban J connectivity index is 1.69. The Labute approximate surface area is 194 Å². The van der Waals surface area contributed by atoms with Gasteiger partial charge in [-0.25, -0.2) is 0 Å². The molecule has 0 spiro atoms. The molecule has 0 aliphatic carbocycles. The molecule has 0 bridgehead atoms. The summed E-state index contributed by atoms with van der Waals surface area (Å²) in [5, 5.41) is 0.528. The van der Waals surface area contributed by atoms with Crippen LogP contribution in [-0.2, 0) is 10.2 Å². The summed E-state index contributed by atoms with van der Waals surface area (Å²) < 4.78 is 12.0. The molecule has 1 saturated heterocycles. The quantitative estimate of drug-likeness (QED) is 0.539. The highest BCUT2D eigenvalue weighted by atomic mass is 16.5. The Morgan fingerprint density at radius 1 is 1.03 bits per heavy atom. The summed E-state index contributed by atoms with van der Waals surface area (Å²) in [5.41, 5.74) is 4.99. The molecule has 1 aromatic heterocycles. The van der Waals surface area contributed by atoms with Gasteiger partial charge in [0.25, 0.3) is 5.91 Å². The monoisotopic (exact) mass is 445 g/mol. The zero-order valence-electron chi connectivity index (χ0n) is 20.0. The Hall–Kier alpha value is -2.92. The van der Waals surface area contributed by atoms with Crippen molar-refractivity contribution < 1.29 is 13.9 Å². The minimum Gasteiger partial charge on any atom is -0.450 e. The number of hydrogen-bond acceptors (Lipinski definition) is 4. The molecule has 33 heavy (non-hydrogen) atoms. The molecule has 0 unspecified atom stereocenters. The number of aryl methyl sites for hydroxylation is 2. The van der Waals surface area contributed by atoms with Crippen LogP contribution in [0.15, 0.2) is 45.6 Å². The van der Waals surface area contributed by atoms with Crippen LogP contribution in [0.5, 0.6) is 0 Å². The number of nitrogens with zero attached hydrogens (tertiary/aromatic N) is 1. The Bertz CT molecular complexity index is 1290. The number of carbonyl (C=O) groups is 1. The van der Waals surface area contributed by atoms with Crippen molar-refractivity contribution in [1.82, 2.24) is 4.90 Å². The number of hydrogen-bond donors (Lipinski definition) is 0. The van der Waals surface area contributed by atoms with Gasteiger partial charge in [0, 0.05) is 13.2 Å². The van der Waals surface area contributed by atoms with Crippen molar-refractivity contribution in [3.8, 4) is 0 Å². The lowest BCUT2D eigenvalue weighted by atomic mass is 9.86. The van der Waals surface area contributed by atoms with Gasteiger partial charge in [0.05, 0.1) is 23.1 Å². The van der Waals surface area contributed by atoms with E-state index in [-0.39, 0.29) is 28.6 Å². The van der Waals surface area contributed by atoms with Crippen molar-refractivity contribution in [3.63, 3.8) is 0 Å². The maximum Gasteiger partial charge on any atom is 0.291 e. The van der Waals surface area contributed by atoms with Crippen molar-refractivity contribution in [3.05, 3.63) is 80.2 Å². The first-order valence-corrected chi connectivity index (χ1v) is 11.8. The van der Waals surface area contributed by atoms with E-state index in [1.54, 1.807) is 4.90 Å². The third-order valence-corrected chi connectivity index (χ3v) is 7.10. The molecule has 5 nitrogen and oxygen atoms in total. The van der Waals surface area contributed by atoms with Gasteiger partial charge in [0.2, 0.25) is 5.76 Å². The fraction of sp³-hybridized carbons (Fsp3) is 0.429. The van der Waals surface area contributed by atoms with Crippen LogP contribution < -0.4 is 5.43 Å². The summed E-state index contributed by atoms with van der Waals surface area (Å²) in [7, 11) is 0. The van der Waals surface area contributed by atoms with Crippen LogP contribution >= 0.6 is 0 Å². The first-order valence-electron chi connectivity index (χ1n) is 11.8. The average Bonchev–Trinajstić information content (AvgIpc) is 3.37. The van der Waals surface area contributed by atoms with Crippen molar-refractivity contribution in [2.24, 2.45) is 0 Å². The van der Waals surface area contributed by atoms with Crippen LogP contribution in [0.2, 0.25) is 0 Å². The van der Waals surface area contributed by atoms with Crippen molar-refractivity contribution >= 4 is 16.9 Å². The summed E-state index contributed by atoms with van der Waals surface area (Å²) in [4.78, 5) is 29.1. The Kier molecular flexibility index (Phi) is 5.20. The van der Waals surface area contributed by atoms with Crippen LogP contribution in [-0.4, -0.2) is 30.1 Å². The van der Waals surface area contributed by atoms with E-state index in [2.05, 4.69) is 32.9 Å². The van der Waals surface area contributed by atoms with E-state index in [0.717, 1.165) is 29.5 Å². The molecule has 0 radical (unpaired) electrons. The fourth-order valence-corrected chi connectivity index (χ4v) is 4.98. The molecule has 1 fully saturated rings. The van der Waals surface area contributed by atoms with E-state index in [1.807, 2.05) is 38.1 Å². The average molecular weight is 446 g/mol. The van der Waals surface area contributed by atoms with E-state index < -0.39 is 6.04 Å². The van der Waals surface area contributed by atoms with Gasteiger partial charge in [0.1, 0.15) is 5.58 Å². The molecule has 2 aliphatic heterocycles. The molecule has 3 heterocycles. The molecule has 2 aliphatic rings. The summed E-state index contributed by atoms with van der Waals surface area (Å²) in [5.74, 6) is -0.0683. The predicted octanol–water partition coefficient (Wildman–Crippen LogP) is 5.43. The summed E-state index contributed by atoms with van der Waals surface area (Å²) in [6.07, 6.45) is 1.88. The molecule has 172 valence electrons. The zero-order chi connectivity index (χ0) is 23.5. The summed E-state index contributed by atoms with van der Waals surface area (Å²) in [6, 6.07) is 11.5. The molecule has 0 N–H and O–H groups in total. The van der Waals surface area contributed by atoms with Gasteiger partial charge >= 0.3 is 0 Å². The van der Waals surface area contributed by atoms with Gasteiger partial charge in [0.15, 0.2) is 5.43 Å². The minimum atomic E-state index is -0.479. The minimum absolute atomic E-state index is 0.0178. The number of rotatable bonds is 3. The maximum absolute atomic E-state index is 13.8. The predicted molar refractivity (Wildman–Crippen MR) is 129 cm³/mol. The fourth-order valence-electron chi connectivity index (χ4n) is 4.98. The third kappa shape index (κ3) is 3.68. The van der Waals surface area contributed by atoms with Crippen molar-refractivity contribution in [1.29, 1.82) is 0 Å². The molecule has 1 amide bonds. The normalized spacial score (nSPS) is 20.6. The van der Waals surface area contributed by atoms with Gasteiger partial charge in [-0.05, 0) is 66.5 Å². The van der Waals surface area contributed by atoms with E-state index in [4.69, 9.17) is 9.15 Å². The lowest BCUT2D eigenvalue weighted by Gasteiger charge is -2.28. The molecule has 5 heteroatoms. The van der Waals surface area contributed by atoms with E-state index in [1.165, 1.54) is 5.56 Å². The number of fused-ring (bicyclic) bond motifs is 2. The number of amides is 1. The second kappa shape index (κ2) is 7.84. The zero-order valence-corrected chi connectivity index (χ0v) is 20.0. The van der Waals surface area contributed by atoms with E-state index in [9.17, 15) is 9.59 Å². The van der Waals surface area contributed by atoms with Crippen molar-refractivity contribution in [2.45, 2.75) is 65.0 Å². The van der Waals surface area contributed by atoms with E-state index in [0.29, 0.717) is 29.7 Å². The Morgan fingerprint density at radius 2 is 1.73 bits per heavy atom. The van der Waals surface area contributed by atoms with Crippen LogP contribution in [0.4, 0.5) is 0 Å². The number of benzene rings is 2. The smallest absolute Gasteiger partial charge is 0.291 e. The highest BCUT2D eigenvalue weighted by Gasteiger charge is 2.44. The molecule has 5 rings (SSSR count). The lowest BCUT2D eigenvalue weighted by Crippen LogP contribution is -2.36. The lowest BCUT2D eigenvalue weighted by molar-refractivity contribution is 0.0486. The molecule has 2 atom stereocenters. The summed E-state index contributed by atoms with van der Waals surface area (Å²) in [6.45, 7) is 11.6. The highest BCUT2D eigenvalue weighted by Crippen LogP contribution is 2.39. The standard InChI is InChI=1S/C28H31NO4/c1-16-13-21-22(14-17(16)2)33-26-23(25(21)30)24(18-8-10-19(11-9-18)28(3,4)5)29(27(26)31)15-20-7-6-12-32-20/h8-11,13-14,20,24H,6-7,12,15H2,1-5H3/t20-,24+/m0/s1. The maximum atomic E-state index is 13.8. The van der Waals surface area contributed by atoms with Crippen LogP contribution in [0.3, 0.4) is 0 Å². The number of carbonyl (C=O) groups excluding carboxylic acids is 1. The SMILES string of the molecule is Cc1cc2oc3c(c(=O)c2cc1C)[C@@H](c1ccc(C(C)(C)C)cc1)N(C[C@@H]1CCCO1)C3=O. The van der Waals surface area contributed by atoms with Gasteiger partial charge in [-0.3, -0.25) is 9.59 Å². The van der Waals surface area contributed by atoms with Gasteiger partial charge in [-0.1, -0.05) is 45.0 Å². The molecule has 2 aromatic carbocycles. The first kappa shape index (κ1) is 21.9. The molecular weight excluding hydrogens is 414 g/mol. The van der Waals surface area contributed by atoms with E-state index >= 15 is 0 Å². The van der Waals surface area contributed by atoms with Crippen molar-refractivity contribution in [2.75, 3.05) is 13.2 Å². The van der Waals surface area contributed by atoms with Crippen LogP contribution in [0, 0.1) is 13.8 Å². The first-order chi connectivity index (χ1) is 15.6. The van der Waals surface area contributed by atoms with Gasteiger partial charge < -0.3 is 14.1 Å². The Morgan fingerprint density at radius 3 is 2.36 bits per heavy atom. The van der Waals surface area contributed by atoms with Crippen LogP contribution in [0.1, 0.15) is 78.0 Å². The van der Waals surface area contributed by atoms with Gasteiger partial charge in [-0.15, -0.1) is 0 Å². The van der Waals surface area contributed by atoms with Gasteiger partial charge in [-0.2, -0.15) is 0 Å². The molecule has 0 saturated carbocycles. The molecule has 3 aromatic rings. The number of ether oxygens (including phenoxy) is 1. The molecular formula is C28H31NO4. The largest absolute Gasteiger partial charge is 0.450 e. The second-order valence-corrected chi connectivity index (χ2v) is 10.5. The third-order valence-electron chi connectivity index (χ3n) is 7.10. The summed E-state index contributed by atoms with van der Waals surface area (Å²) >= 11 is 0. The van der Waals surface area contributed by atoms with Crippen LogP contribution in [0.25, 0.3) is 11.0 Å². The highest BCUT2D eigenvalue weighted by molar-refractivity contribution is 5.99. The topological polar surface area (TPSA) is 59.8 Å².